The summed E-state index contributed by atoms with van der Waals surface area (Å²) in [4.78, 5) is 13.8. The molecule has 2 aromatic rings. The summed E-state index contributed by atoms with van der Waals surface area (Å²) in [6.07, 6.45) is 1.60. The fraction of sp³-hybridized carbons (Fsp3) is 0. The summed E-state index contributed by atoms with van der Waals surface area (Å²) >= 11 is 0.984. The minimum atomic E-state index is -0.445. The van der Waals surface area contributed by atoms with Crippen molar-refractivity contribution in [2.75, 3.05) is 0 Å². The third-order valence-corrected chi connectivity index (χ3v) is 2.66. The minimum Gasteiger partial charge on any atom is -0.354 e. The quantitative estimate of drug-likeness (QED) is 0.364. The number of aromatic nitrogens is 1. The van der Waals surface area contributed by atoms with E-state index in [0.29, 0.717) is 15.8 Å². The fourth-order valence-electron chi connectivity index (χ4n) is 1.40. The van der Waals surface area contributed by atoms with Gasteiger partial charge >= 0.3 is 0 Å². The molecule has 5 nitrogen and oxygen atoms in total. The zero-order valence-corrected chi connectivity index (χ0v) is 8.25. The monoisotopic (exact) mass is 219 g/mol. The molecule has 1 heterocycles. The van der Waals surface area contributed by atoms with Gasteiger partial charge in [0.05, 0.1) is 4.92 Å². The van der Waals surface area contributed by atoms with E-state index < -0.39 is 4.92 Å². The molecule has 74 valence electrons. The number of thioether (sulfide) groups is 1. The van der Waals surface area contributed by atoms with Gasteiger partial charge in [0.15, 0.2) is 0 Å². The first-order valence-electron chi connectivity index (χ1n) is 4.04. The Kier molecular flexibility index (Phi) is 2.31. The van der Waals surface area contributed by atoms with E-state index in [1.165, 1.54) is 6.07 Å². The number of aromatic amines is 1. The summed E-state index contributed by atoms with van der Waals surface area (Å²) in [5, 5.41) is 21.9. The summed E-state index contributed by atoms with van der Waals surface area (Å²) < 4.78 is 0. The minimum absolute atomic E-state index is 0.0253. The van der Waals surface area contributed by atoms with Crippen molar-refractivity contribution in [3.8, 4) is 5.40 Å². The van der Waals surface area contributed by atoms with Gasteiger partial charge in [-0.15, -0.1) is 0 Å². The standard InChI is InChI=1S/C9H5N3O2S/c10-5-15-8-4-11-9-6(8)2-1-3-7(9)12(13)14/h1-4,11H. The van der Waals surface area contributed by atoms with E-state index in [4.69, 9.17) is 5.26 Å². The van der Waals surface area contributed by atoms with Crippen LogP contribution in [0.1, 0.15) is 0 Å². The molecule has 0 amide bonds. The molecule has 0 aliphatic rings. The van der Waals surface area contributed by atoms with Crippen molar-refractivity contribution < 1.29 is 4.92 Å². The number of nitro groups is 1. The highest BCUT2D eigenvalue weighted by Gasteiger charge is 2.14. The van der Waals surface area contributed by atoms with E-state index in [1.54, 1.807) is 18.3 Å². The third-order valence-electron chi connectivity index (χ3n) is 2.01. The lowest BCUT2D eigenvalue weighted by Gasteiger charge is -1.93. The predicted molar refractivity (Wildman–Crippen MR) is 56.4 cm³/mol. The highest BCUT2D eigenvalue weighted by Crippen LogP contribution is 2.31. The van der Waals surface area contributed by atoms with Crippen LogP contribution in [0.4, 0.5) is 5.69 Å². The van der Waals surface area contributed by atoms with Crippen LogP contribution in [0.5, 0.6) is 0 Å². The Morgan fingerprint density at radius 1 is 1.53 bits per heavy atom. The Bertz CT molecular complexity index is 570. The van der Waals surface area contributed by atoms with Crippen LogP contribution in [0.3, 0.4) is 0 Å². The summed E-state index contributed by atoms with van der Waals surface area (Å²) in [5.74, 6) is 0. The van der Waals surface area contributed by atoms with Gasteiger partial charge in [-0.2, -0.15) is 5.26 Å². The molecule has 0 saturated carbocycles. The maximum Gasteiger partial charge on any atom is 0.293 e. The number of H-pyrrole nitrogens is 1. The number of para-hydroxylation sites is 1. The molecule has 1 N–H and O–H groups in total. The lowest BCUT2D eigenvalue weighted by molar-refractivity contribution is -0.383. The molecule has 0 saturated heterocycles. The number of rotatable bonds is 2. The molecule has 0 fully saturated rings. The smallest absolute Gasteiger partial charge is 0.293 e. The van der Waals surface area contributed by atoms with Crippen LogP contribution in [0.25, 0.3) is 10.9 Å². The summed E-state index contributed by atoms with van der Waals surface area (Å²) in [7, 11) is 0. The number of hydrogen-bond donors (Lipinski definition) is 1. The van der Waals surface area contributed by atoms with E-state index in [-0.39, 0.29) is 5.69 Å². The molecule has 0 unspecified atom stereocenters. The van der Waals surface area contributed by atoms with Crippen molar-refractivity contribution in [1.29, 1.82) is 5.26 Å². The summed E-state index contributed by atoms with van der Waals surface area (Å²) in [5.41, 5.74) is 0.484. The molecule has 15 heavy (non-hydrogen) atoms. The lowest BCUT2D eigenvalue weighted by atomic mass is 10.2. The molecule has 0 atom stereocenters. The number of nitriles is 1. The largest absolute Gasteiger partial charge is 0.354 e. The molecular weight excluding hydrogens is 214 g/mol. The number of nitrogens with one attached hydrogen (secondary N) is 1. The van der Waals surface area contributed by atoms with E-state index >= 15 is 0 Å². The van der Waals surface area contributed by atoms with Gasteiger partial charge in [0.2, 0.25) is 0 Å². The molecule has 6 heteroatoms. The predicted octanol–water partition coefficient (Wildman–Crippen LogP) is 2.65. The van der Waals surface area contributed by atoms with Gasteiger partial charge in [0.1, 0.15) is 10.9 Å². The molecule has 0 radical (unpaired) electrons. The Labute approximate surface area is 88.9 Å². The Hall–Kier alpha value is -2.00. The highest BCUT2D eigenvalue weighted by molar-refractivity contribution is 8.04. The Morgan fingerprint density at radius 3 is 3.00 bits per heavy atom. The van der Waals surface area contributed by atoms with Gasteiger partial charge in [0, 0.05) is 22.5 Å². The first kappa shape index (κ1) is 9.55. The number of thiocyanates is 1. The van der Waals surface area contributed by atoms with E-state index in [0.717, 1.165) is 11.8 Å². The second-order valence-electron chi connectivity index (χ2n) is 2.80. The zero-order chi connectivity index (χ0) is 10.8. The lowest BCUT2D eigenvalue weighted by Crippen LogP contribution is -1.88. The maximum absolute atomic E-state index is 10.7. The third kappa shape index (κ3) is 1.53. The summed E-state index contributed by atoms with van der Waals surface area (Å²) in [6.45, 7) is 0. The SMILES string of the molecule is N#CSc1c[nH]c2c([N+](=O)[O-])cccc12. The van der Waals surface area contributed by atoms with Crippen LogP contribution < -0.4 is 0 Å². The fourth-order valence-corrected chi connectivity index (χ4v) is 1.89. The average molecular weight is 219 g/mol. The van der Waals surface area contributed by atoms with Crippen LogP contribution in [-0.4, -0.2) is 9.91 Å². The van der Waals surface area contributed by atoms with Gasteiger partial charge < -0.3 is 4.98 Å². The highest BCUT2D eigenvalue weighted by atomic mass is 32.2. The number of fused-ring (bicyclic) bond motifs is 1. The van der Waals surface area contributed by atoms with E-state index in [2.05, 4.69) is 4.98 Å². The van der Waals surface area contributed by atoms with Gasteiger partial charge in [-0.1, -0.05) is 12.1 Å². The van der Waals surface area contributed by atoms with Crippen LogP contribution in [0.15, 0.2) is 29.3 Å². The maximum atomic E-state index is 10.7. The second kappa shape index (κ2) is 3.63. The Balaban J connectivity index is 2.70. The van der Waals surface area contributed by atoms with Crippen molar-refractivity contribution in [3.63, 3.8) is 0 Å². The molecule has 1 aromatic carbocycles. The normalized spacial score (nSPS) is 10.1. The second-order valence-corrected chi connectivity index (χ2v) is 3.63. The number of benzene rings is 1. The topological polar surface area (TPSA) is 82.7 Å². The molecule has 1 aromatic heterocycles. The number of hydrogen-bond acceptors (Lipinski definition) is 4. The van der Waals surface area contributed by atoms with Gasteiger partial charge in [-0.3, -0.25) is 10.1 Å². The van der Waals surface area contributed by atoms with Crippen LogP contribution in [0.2, 0.25) is 0 Å². The number of nitro benzene ring substituents is 1. The van der Waals surface area contributed by atoms with Gasteiger partial charge in [-0.25, -0.2) is 0 Å². The van der Waals surface area contributed by atoms with Gasteiger partial charge in [-0.05, 0) is 11.8 Å². The van der Waals surface area contributed by atoms with Crippen LogP contribution >= 0.6 is 11.8 Å². The molecule has 0 spiro atoms. The van der Waals surface area contributed by atoms with E-state index in [9.17, 15) is 10.1 Å². The van der Waals surface area contributed by atoms with Crippen molar-refractivity contribution in [2.24, 2.45) is 0 Å². The molecule has 0 aliphatic heterocycles. The van der Waals surface area contributed by atoms with Crippen molar-refractivity contribution >= 4 is 28.4 Å². The molecule has 2 rings (SSSR count). The van der Waals surface area contributed by atoms with Crippen molar-refractivity contribution in [1.82, 2.24) is 4.98 Å². The number of non-ortho nitro benzene ring substituents is 1. The van der Waals surface area contributed by atoms with Crippen molar-refractivity contribution in [3.05, 3.63) is 34.5 Å². The Morgan fingerprint density at radius 2 is 2.33 bits per heavy atom. The first-order valence-corrected chi connectivity index (χ1v) is 4.86. The molecular formula is C9H5N3O2S. The molecule has 0 aliphatic carbocycles. The summed E-state index contributed by atoms with van der Waals surface area (Å²) in [6, 6.07) is 4.79. The van der Waals surface area contributed by atoms with Crippen LogP contribution in [0, 0.1) is 20.8 Å². The average Bonchev–Trinajstić information content (AvgIpc) is 2.62. The first-order chi connectivity index (χ1) is 7.24. The van der Waals surface area contributed by atoms with Crippen LogP contribution in [-0.2, 0) is 0 Å². The van der Waals surface area contributed by atoms with E-state index in [1.807, 2.05) is 5.40 Å². The number of nitrogens with zero attached hydrogens (tertiary/aromatic N) is 2. The molecule has 0 bridgehead atoms. The van der Waals surface area contributed by atoms with Crippen molar-refractivity contribution in [2.45, 2.75) is 4.90 Å². The zero-order valence-electron chi connectivity index (χ0n) is 7.43. The van der Waals surface area contributed by atoms with Gasteiger partial charge in [0.25, 0.3) is 5.69 Å².